The van der Waals surface area contributed by atoms with E-state index in [-0.39, 0.29) is 10.8 Å². The second-order valence-electron chi connectivity index (χ2n) is 4.36. The molecule has 19 heavy (non-hydrogen) atoms. The van der Waals surface area contributed by atoms with E-state index in [2.05, 4.69) is 19.2 Å². The highest BCUT2D eigenvalue weighted by Gasteiger charge is 2.20. The molecule has 1 aromatic rings. The van der Waals surface area contributed by atoms with Gasteiger partial charge in [-0.2, -0.15) is 0 Å². The zero-order chi connectivity index (χ0) is 14.6. The number of thiophene rings is 1. The van der Waals surface area contributed by atoms with Gasteiger partial charge in [0.1, 0.15) is 0 Å². The van der Waals surface area contributed by atoms with Gasteiger partial charge in [-0.3, -0.25) is 4.79 Å². The lowest BCUT2D eigenvalue weighted by Crippen LogP contribution is -2.28. The van der Waals surface area contributed by atoms with Crippen LogP contribution >= 0.6 is 22.0 Å². The second kappa shape index (κ2) is 6.72. The lowest BCUT2D eigenvalue weighted by molar-refractivity contribution is 0.0950. The van der Waals surface area contributed by atoms with E-state index in [1.54, 1.807) is 6.92 Å². The fourth-order valence-corrected chi connectivity index (χ4v) is 4.30. The quantitative estimate of drug-likeness (QED) is 0.818. The first-order valence-electron chi connectivity index (χ1n) is 6.12. The summed E-state index contributed by atoms with van der Waals surface area (Å²) in [5.74, 6) is 0.202. The van der Waals surface area contributed by atoms with Crippen LogP contribution in [0.1, 0.15) is 41.2 Å². The molecule has 1 rings (SSSR count). The van der Waals surface area contributed by atoms with Crippen molar-refractivity contribution in [3.8, 4) is 0 Å². The predicted molar refractivity (Wildman–Crippen MR) is 78.5 cm³/mol. The summed E-state index contributed by atoms with van der Waals surface area (Å²) in [6.45, 7) is 6.39. The third-order valence-corrected chi connectivity index (χ3v) is 5.69. The molecule has 0 spiro atoms. The summed E-state index contributed by atoms with van der Waals surface area (Å²) in [4.78, 5) is 12.9. The summed E-state index contributed by atoms with van der Waals surface area (Å²) >= 11 is 1.14. The summed E-state index contributed by atoms with van der Waals surface area (Å²) in [6, 6.07) is 1.34. The first kappa shape index (κ1) is 16.5. The lowest BCUT2D eigenvalue weighted by Gasteiger charge is -2.12. The monoisotopic (exact) mass is 323 g/mol. The van der Waals surface area contributed by atoms with Gasteiger partial charge in [0.25, 0.3) is 15.0 Å². The van der Waals surface area contributed by atoms with Gasteiger partial charge in [-0.15, -0.1) is 11.3 Å². The maximum Gasteiger partial charge on any atom is 0.262 e. The van der Waals surface area contributed by atoms with E-state index in [0.717, 1.165) is 24.2 Å². The van der Waals surface area contributed by atoms with E-state index in [1.807, 2.05) is 0 Å². The van der Waals surface area contributed by atoms with Crippen molar-refractivity contribution in [3.05, 3.63) is 15.8 Å². The van der Waals surface area contributed by atoms with E-state index in [4.69, 9.17) is 10.7 Å². The molecule has 7 heteroatoms. The molecule has 0 atom stereocenters. The fourth-order valence-electron chi connectivity index (χ4n) is 1.72. The lowest BCUT2D eigenvalue weighted by atomic mass is 10.0. The number of aryl methyl sites for hydroxylation is 1. The highest BCUT2D eigenvalue weighted by molar-refractivity contribution is 8.13. The SMILES string of the molecule is CCC(CC)CNC(=O)c1cc(S(=O)(=O)Cl)c(C)s1. The highest BCUT2D eigenvalue weighted by atomic mass is 35.7. The van der Waals surface area contributed by atoms with Crippen molar-refractivity contribution in [1.82, 2.24) is 5.32 Å². The Bertz CT molecular complexity index is 547. The van der Waals surface area contributed by atoms with Crippen molar-refractivity contribution >= 4 is 37.0 Å². The third-order valence-electron chi connectivity index (χ3n) is 3.06. The number of carbonyl (C=O) groups is 1. The van der Waals surface area contributed by atoms with Gasteiger partial charge in [0, 0.05) is 22.1 Å². The first-order valence-corrected chi connectivity index (χ1v) is 9.25. The van der Waals surface area contributed by atoms with Gasteiger partial charge in [-0.05, 0) is 18.9 Å². The summed E-state index contributed by atoms with van der Waals surface area (Å²) in [7, 11) is 1.52. The molecule has 0 aliphatic carbocycles. The van der Waals surface area contributed by atoms with Gasteiger partial charge in [0.2, 0.25) is 0 Å². The van der Waals surface area contributed by atoms with Crippen LogP contribution < -0.4 is 5.32 Å². The number of halogens is 1. The standard InChI is InChI=1S/C12H18ClNO3S2/c1-4-9(5-2)7-14-12(15)10-6-11(8(3)18-10)19(13,16)17/h6,9H,4-5,7H2,1-3H3,(H,14,15). The van der Waals surface area contributed by atoms with Crippen molar-refractivity contribution in [2.24, 2.45) is 5.92 Å². The smallest absolute Gasteiger partial charge is 0.262 e. The summed E-state index contributed by atoms with van der Waals surface area (Å²) in [6.07, 6.45) is 2.00. The molecular weight excluding hydrogens is 306 g/mol. The Balaban J connectivity index is 2.79. The normalized spacial score (nSPS) is 11.8. The minimum absolute atomic E-state index is 0.0202. The number of rotatable bonds is 6. The number of carbonyl (C=O) groups excluding carboxylic acids is 1. The molecule has 4 nitrogen and oxygen atoms in total. The summed E-state index contributed by atoms with van der Waals surface area (Å²) < 4.78 is 22.6. The van der Waals surface area contributed by atoms with Crippen LogP contribution in [0.4, 0.5) is 0 Å². The number of hydrogen-bond acceptors (Lipinski definition) is 4. The molecular formula is C12H18ClNO3S2. The first-order chi connectivity index (χ1) is 8.79. The zero-order valence-electron chi connectivity index (χ0n) is 11.2. The van der Waals surface area contributed by atoms with Crippen LogP contribution in [0.5, 0.6) is 0 Å². The van der Waals surface area contributed by atoms with E-state index in [0.29, 0.717) is 22.2 Å². The van der Waals surface area contributed by atoms with Crippen molar-refractivity contribution in [2.45, 2.75) is 38.5 Å². The molecule has 108 valence electrons. The Hall–Kier alpha value is -0.590. The number of amides is 1. The maximum absolute atomic E-state index is 11.9. The molecule has 0 saturated carbocycles. The molecule has 0 radical (unpaired) electrons. The second-order valence-corrected chi connectivity index (χ2v) is 8.15. The van der Waals surface area contributed by atoms with Crippen molar-refractivity contribution in [1.29, 1.82) is 0 Å². The van der Waals surface area contributed by atoms with E-state index in [1.165, 1.54) is 6.07 Å². The molecule has 1 N–H and O–H groups in total. The minimum atomic E-state index is -3.78. The van der Waals surface area contributed by atoms with Gasteiger partial charge < -0.3 is 5.32 Å². The maximum atomic E-state index is 11.9. The average molecular weight is 324 g/mol. The van der Waals surface area contributed by atoms with Crippen LogP contribution in [0.2, 0.25) is 0 Å². The Kier molecular flexibility index (Phi) is 5.82. The molecule has 0 saturated heterocycles. The molecule has 1 heterocycles. The van der Waals surface area contributed by atoms with Crippen LogP contribution in [-0.4, -0.2) is 20.9 Å². The fraction of sp³-hybridized carbons (Fsp3) is 0.583. The van der Waals surface area contributed by atoms with Crippen molar-refractivity contribution in [2.75, 3.05) is 6.54 Å². The molecule has 0 aliphatic heterocycles. The average Bonchev–Trinajstić information content (AvgIpc) is 2.72. The topological polar surface area (TPSA) is 63.2 Å². The Labute approximate surface area is 122 Å². The molecule has 0 unspecified atom stereocenters. The van der Waals surface area contributed by atoms with E-state index in [9.17, 15) is 13.2 Å². The summed E-state index contributed by atoms with van der Waals surface area (Å²) in [5.41, 5.74) is 0. The Morgan fingerprint density at radius 3 is 2.42 bits per heavy atom. The van der Waals surface area contributed by atoms with Crippen molar-refractivity contribution < 1.29 is 13.2 Å². The van der Waals surface area contributed by atoms with E-state index >= 15 is 0 Å². The largest absolute Gasteiger partial charge is 0.351 e. The van der Waals surface area contributed by atoms with Gasteiger partial charge in [-0.1, -0.05) is 26.7 Å². The zero-order valence-corrected chi connectivity index (χ0v) is 13.6. The van der Waals surface area contributed by atoms with Crippen LogP contribution in [-0.2, 0) is 9.05 Å². The molecule has 0 aromatic carbocycles. The number of hydrogen-bond donors (Lipinski definition) is 1. The van der Waals surface area contributed by atoms with Gasteiger partial charge >= 0.3 is 0 Å². The van der Waals surface area contributed by atoms with Gasteiger partial charge in [0.15, 0.2) is 0 Å². The molecule has 0 fully saturated rings. The van der Waals surface area contributed by atoms with Gasteiger partial charge in [0.05, 0.1) is 9.77 Å². The van der Waals surface area contributed by atoms with Crippen LogP contribution in [0.25, 0.3) is 0 Å². The van der Waals surface area contributed by atoms with Crippen LogP contribution in [0, 0.1) is 12.8 Å². The highest BCUT2D eigenvalue weighted by Crippen LogP contribution is 2.28. The predicted octanol–water partition coefficient (Wildman–Crippen LogP) is 3.15. The molecule has 1 amide bonds. The Morgan fingerprint density at radius 1 is 1.42 bits per heavy atom. The molecule has 1 aromatic heterocycles. The minimum Gasteiger partial charge on any atom is -0.351 e. The van der Waals surface area contributed by atoms with Gasteiger partial charge in [-0.25, -0.2) is 8.42 Å². The third kappa shape index (κ3) is 4.47. The number of nitrogens with one attached hydrogen (secondary N) is 1. The molecule has 0 aliphatic rings. The van der Waals surface area contributed by atoms with Crippen LogP contribution in [0.15, 0.2) is 11.0 Å². The van der Waals surface area contributed by atoms with Crippen molar-refractivity contribution in [3.63, 3.8) is 0 Å². The summed E-state index contributed by atoms with van der Waals surface area (Å²) in [5, 5.41) is 2.83. The Morgan fingerprint density at radius 2 is 2.00 bits per heavy atom. The van der Waals surface area contributed by atoms with Crippen LogP contribution in [0.3, 0.4) is 0 Å². The molecule has 0 bridgehead atoms. The van der Waals surface area contributed by atoms with E-state index < -0.39 is 9.05 Å².